The van der Waals surface area contributed by atoms with Crippen LogP contribution in [-0.2, 0) is 16.0 Å². The van der Waals surface area contributed by atoms with Crippen molar-refractivity contribution in [3.63, 3.8) is 0 Å². The minimum absolute atomic E-state index is 0. The van der Waals surface area contributed by atoms with Crippen LogP contribution in [0.25, 0.3) is 0 Å². The Morgan fingerprint density at radius 3 is 2.85 bits per heavy atom. The van der Waals surface area contributed by atoms with Gasteiger partial charge in [0.25, 0.3) is 0 Å². The standard InChI is InChI=1S/C20H33N3O3.HI/c1-4-21-20(22-9-11-24-5-2)23-13-18-7-6-16(3)12-19(18)26-15-17-8-10-25-14-17;/h6-7,12,17H,4-5,8-11,13-15H2,1-3H3,(H2,21,22,23);1H. The van der Waals surface area contributed by atoms with Gasteiger partial charge >= 0.3 is 0 Å². The molecule has 1 aromatic rings. The molecule has 0 amide bonds. The van der Waals surface area contributed by atoms with E-state index < -0.39 is 0 Å². The molecule has 0 aromatic heterocycles. The molecule has 1 aliphatic heterocycles. The van der Waals surface area contributed by atoms with Gasteiger partial charge in [0.2, 0.25) is 0 Å². The molecular weight excluding hydrogens is 457 g/mol. The van der Waals surface area contributed by atoms with E-state index in [0.29, 0.717) is 25.7 Å². The van der Waals surface area contributed by atoms with E-state index in [-0.39, 0.29) is 24.0 Å². The molecule has 0 bridgehead atoms. The van der Waals surface area contributed by atoms with Crippen LogP contribution in [0.5, 0.6) is 5.75 Å². The van der Waals surface area contributed by atoms with Crippen LogP contribution in [0.2, 0.25) is 0 Å². The summed E-state index contributed by atoms with van der Waals surface area (Å²) in [6, 6.07) is 6.30. The summed E-state index contributed by atoms with van der Waals surface area (Å²) in [7, 11) is 0. The molecular formula is C20H34IN3O3. The third kappa shape index (κ3) is 9.12. The van der Waals surface area contributed by atoms with Crippen molar-refractivity contribution in [2.45, 2.75) is 33.7 Å². The molecule has 7 heteroatoms. The number of ether oxygens (including phenoxy) is 3. The zero-order valence-electron chi connectivity index (χ0n) is 16.8. The van der Waals surface area contributed by atoms with Crippen LogP contribution in [0, 0.1) is 12.8 Å². The Labute approximate surface area is 180 Å². The number of halogens is 1. The van der Waals surface area contributed by atoms with Crippen LogP contribution in [0.15, 0.2) is 23.2 Å². The number of hydrogen-bond donors (Lipinski definition) is 2. The molecule has 2 N–H and O–H groups in total. The summed E-state index contributed by atoms with van der Waals surface area (Å²) in [5.74, 6) is 2.21. The van der Waals surface area contributed by atoms with Crippen LogP contribution in [-0.4, -0.2) is 52.1 Å². The predicted molar refractivity (Wildman–Crippen MR) is 120 cm³/mol. The highest BCUT2D eigenvalue weighted by Gasteiger charge is 2.17. The molecule has 1 fully saturated rings. The van der Waals surface area contributed by atoms with Crippen molar-refractivity contribution in [3.8, 4) is 5.75 Å². The third-order valence-corrected chi connectivity index (χ3v) is 4.22. The van der Waals surface area contributed by atoms with E-state index in [0.717, 1.165) is 56.6 Å². The van der Waals surface area contributed by atoms with Crippen LogP contribution < -0.4 is 15.4 Å². The van der Waals surface area contributed by atoms with Crippen LogP contribution >= 0.6 is 24.0 Å². The molecule has 1 unspecified atom stereocenters. The minimum Gasteiger partial charge on any atom is -0.493 e. The number of nitrogens with one attached hydrogen (secondary N) is 2. The highest BCUT2D eigenvalue weighted by molar-refractivity contribution is 14.0. The highest BCUT2D eigenvalue weighted by atomic mass is 127. The quantitative estimate of drug-likeness (QED) is 0.228. The summed E-state index contributed by atoms with van der Waals surface area (Å²) >= 11 is 0. The van der Waals surface area contributed by atoms with Crippen molar-refractivity contribution in [1.29, 1.82) is 0 Å². The van der Waals surface area contributed by atoms with E-state index in [1.54, 1.807) is 0 Å². The molecule has 0 aliphatic carbocycles. The van der Waals surface area contributed by atoms with Crippen molar-refractivity contribution >= 4 is 29.9 Å². The first-order chi connectivity index (χ1) is 12.7. The number of aryl methyl sites for hydroxylation is 1. The van der Waals surface area contributed by atoms with E-state index in [4.69, 9.17) is 14.2 Å². The summed E-state index contributed by atoms with van der Waals surface area (Å²) in [6.45, 7) is 12.0. The zero-order valence-corrected chi connectivity index (χ0v) is 19.1. The molecule has 0 saturated carbocycles. The lowest BCUT2D eigenvalue weighted by Crippen LogP contribution is -2.39. The first kappa shape index (κ1) is 24.0. The molecule has 1 saturated heterocycles. The summed E-state index contributed by atoms with van der Waals surface area (Å²) in [4.78, 5) is 4.69. The summed E-state index contributed by atoms with van der Waals surface area (Å²) in [6.07, 6.45) is 1.08. The van der Waals surface area contributed by atoms with Gasteiger partial charge in [-0.05, 0) is 38.8 Å². The first-order valence-electron chi connectivity index (χ1n) is 9.62. The number of rotatable bonds is 10. The smallest absolute Gasteiger partial charge is 0.191 e. The van der Waals surface area contributed by atoms with Gasteiger partial charge < -0.3 is 24.8 Å². The largest absolute Gasteiger partial charge is 0.493 e. The lowest BCUT2D eigenvalue weighted by atomic mass is 10.1. The van der Waals surface area contributed by atoms with E-state index in [1.807, 2.05) is 6.92 Å². The molecule has 1 heterocycles. The summed E-state index contributed by atoms with van der Waals surface area (Å²) in [5.41, 5.74) is 2.29. The third-order valence-electron chi connectivity index (χ3n) is 4.22. The van der Waals surface area contributed by atoms with Gasteiger partial charge in [-0.3, -0.25) is 0 Å². The van der Waals surface area contributed by atoms with Crippen molar-refractivity contribution in [2.75, 3.05) is 46.1 Å². The van der Waals surface area contributed by atoms with Gasteiger partial charge in [0, 0.05) is 37.8 Å². The molecule has 1 atom stereocenters. The number of aliphatic imine (C=N–C) groups is 1. The Morgan fingerprint density at radius 1 is 1.30 bits per heavy atom. The van der Waals surface area contributed by atoms with Crippen LogP contribution in [0.4, 0.5) is 0 Å². The van der Waals surface area contributed by atoms with Gasteiger partial charge in [-0.1, -0.05) is 12.1 Å². The zero-order chi connectivity index (χ0) is 18.6. The summed E-state index contributed by atoms with van der Waals surface area (Å²) in [5, 5.41) is 6.55. The lowest BCUT2D eigenvalue weighted by molar-refractivity contribution is 0.152. The normalized spacial score (nSPS) is 16.7. The fraction of sp³-hybridized carbons (Fsp3) is 0.650. The van der Waals surface area contributed by atoms with Gasteiger partial charge in [-0.25, -0.2) is 4.99 Å². The lowest BCUT2D eigenvalue weighted by Gasteiger charge is -2.15. The molecule has 6 nitrogen and oxygen atoms in total. The molecule has 0 radical (unpaired) electrons. The SMILES string of the molecule is CCNC(=NCc1ccc(C)cc1OCC1CCOC1)NCCOCC.I. The molecule has 0 spiro atoms. The van der Waals surface area contributed by atoms with Gasteiger partial charge in [-0.2, -0.15) is 0 Å². The Bertz CT molecular complexity index is 563. The highest BCUT2D eigenvalue weighted by Crippen LogP contribution is 2.23. The van der Waals surface area contributed by atoms with E-state index in [1.165, 1.54) is 5.56 Å². The Morgan fingerprint density at radius 2 is 2.15 bits per heavy atom. The van der Waals surface area contributed by atoms with Crippen LogP contribution in [0.1, 0.15) is 31.4 Å². The number of hydrogen-bond acceptors (Lipinski definition) is 4. The van der Waals surface area contributed by atoms with Crippen molar-refractivity contribution < 1.29 is 14.2 Å². The second kappa shape index (κ2) is 14.0. The number of benzene rings is 1. The fourth-order valence-corrected chi connectivity index (χ4v) is 2.74. The Hall–Kier alpha value is -1.06. The average Bonchev–Trinajstić information content (AvgIpc) is 3.16. The maximum absolute atomic E-state index is 6.10. The van der Waals surface area contributed by atoms with Gasteiger partial charge in [0.05, 0.1) is 26.4 Å². The van der Waals surface area contributed by atoms with Crippen molar-refractivity contribution in [2.24, 2.45) is 10.9 Å². The Balaban J connectivity index is 0.00000364. The predicted octanol–water partition coefficient (Wildman–Crippen LogP) is 3.12. The van der Waals surface area contributed by atoms with Crippen molar-refractivity contribution in [3.05, 3.63) is 29.3 Å². The topological polar surface area (TPSA) is 64.1 Å². The molecule has 1 aromatic carbocycles. The van der Waals surface area contributed by atoms with Crippen molar-refractivity contribution in [1.82, 2.24) is 10.6 Å². The number of guanidine groups is 1. The van der Waals surface area contributed by atoms with E-state index in [9.17, 15) is 0 Å². The van der Waals surface area contributed by atoms with Gasteiger partial charge in [0.15, 0.2) is 5.96 Å². The first-order valence-corrected chi connectivity index (χ1v) is 9.62. The van der Waals surface area contributed by atoms with E-state index in [2.05, 4.69) is 47.7 Å². The van der Waals surface area contributed by atoms with Gasteiger partial charge in [-0.15, -0.1) is 24.0 Å². The Kier molecular flexibility index (Phi) is 12.4. The second-order valence-electron chi connectivity index (χ2n) is 6.47. The van der Waals surface area contributed by atoms with Crippen LogP contribution in [0.3, 0.4) is 0 Å². The second-order valence-corrected chi connectivity index (χ2v) is 6.47. The molecule has 27 heavy (non-hydrogen) atoms. The maximum Gasteiger partial charge on any atom is 0.191 e. The summed E-state index contributed by atoms with van der Waals surface area (Å²) < 4.78 is 16.9. The average molecular weight is 491 g/mol. The maximum atomic E-state index is 6.10. The van der Waals surface area contributed by atoms with E-state index >= 15 is 0 Å². The number of nitrogens with zero attached hydrogens (tertiary/aromatic N) is 1. The molecule has 1 aliphatic rings. The van der Waals surface area contributed by atoms with Gasteiger partial charge in [0.1, 0.15) is 5.75 Å². The fourth-order valence-electron chi connectivity index (χ4n) is 2.74. The minimum atomic E-state index is 0. The molecule has 2 rings (SSSR count). The monoisotopic (exact) mass is 491 g/mol. The molecule has 154 valence electrons.